The molecule has 35 heavy (non-hydrogen) atoms. The Kier molecular flexibility index (Phi) is 4.52. The lowest BCUT2D eigenvalue weighted by molar-refractivity contribution is -0.124. The predicted octanol–water partition coefficient (Wildman–Crippen LogP) is 4.43. The highest BCUT2D eigenvalue weighted by Gasteiger charge is 2.49. The van der Waals surface area contributed by atoms with Gasteiger partial charge in [-0.3, -0.25) is 14.5 Å². The molecule has 0 radical (unpaired) electrons. The lowest BCUT2D eigenvalue weighted by Gasteiger charge is -2.36. The number of anilines is 3. The number of hydrogen-bond acceptors (Lipinski definition) is 5. The molecule has 0 atom stereocenters. The Morgan fingerprint density at radius 3 is 2.11 bits per heavy atom. The van der Waals surface area contributed by atoms with Crippen molar-refractivity contribution < 1.29 is 14.3 Å². The van der Waals surface area contributed by atoms with Gasteiger partial charge in [0.1, 0.15) is 5.82 Å². The van der Waals surface area contributed by atoms with E-state index in [2.05, 4.69) is 9.97 Å². The van der Waals surface area contributed by atoms with Crippen molar-refractivity contribution >= 4 is 28.9 Å². The number of nitrogens with zero attached hydrogens (tertiary/aromatic N) is 4. The van der Waals surface area contributed by atoms with Crippen molar-refractivity contribution in [3.05, 3.63) is 65.7 Å². The van der Waals surface area contributed by atoms with E-state index in [0.717, 1.165) is 39.3 Å². The van der Waals surface area contributed by atoms with Gasteiger partial charge < -0.3 is 9.64 Å². The maximum Gasteiger partial charge on any atom is 0.241 e. The van der Waals surface area contributed by atoms with E-state index >= 15 is 0 Å². The van der Waals surface area contributed by atoms with E-state index in [1.807, 2.05) is 75.9 Å². The van der Waals surface area contributed by atoms with Crippen LogP contribution < -0.4 is 9.80 Å². The summed E-state index contributed by atoms with van der Waals surface area (Å²) in [5.74, 6) is 0.796. The van der Waals surface area contributed by atoms with Crippen molar-refractivity contribution in [2.24, 2.45) is 0 Å². The molecule has 178 valence electrons. The summed E-state index contributed by atoms with van der Waals surface area (Å²) < 4.78 is 5.39. The van der Waals surface area contributed by atoms with E-state index in [-0.39, 0.29) is 17.9 Å². The predicted molar refractivity (Wildman–Crippen MR) is 134 cm³/mol. The molecule has 3 aliphatic heterocycles. The first-order chi connectivity index (χ1) is 16.6. The minimum absolute atomic E-state index is 0.00636. The van der Waals surface area contributed by atoms with Crippen molar-refractivity contribution in [2.75, 3.05) is 23.0 Å². The lowest BCUT2D eigenvalue weighted by atomic mass is 9.85. The Balaban J connectivity index is 1.49. The van der Waals surface area contributed by atoms with Crippen LogP contribution in [0.15, 0.2) is 48.8 Å². The summed E-state index contributed by atoms with van der Waals surface area (Å²) in [6, 6.07) is 12.1. The van der Waals surface area contributed by atoms with E-state index in [1.165, 1.54) is 0 Å². The molecule has 0 unspecified atom stereocenters. The average molecular weight is 469 g/mol. The van der Waals surface area contributed by atoms with Gasteiger partial charge in [0.25, 0.3) is 0 Å². The number of carbonyl (C=O) groups excluding carboxylic acids is 2. The molecule has 0 bridgehead atoms. The summed E-state index contributed by atoms with van der Waals surface area (Å²) in [5.41, 5.74) is 4.98. The molecule has 3 aliphatic rings. The summed E-state index contributed by atoms with van der Waals surface area (Å²) in [6.07, 6.45) is 3.61. The van der Waals surface area contributed by atoms with Gasteiger partial charge in [-0.1, -0.05) is 18.2 Å². The van der Waals surface area contributed by atoms with Crippen LogP contribution in [0.4, 0.5) is 17.1 Å². The standard InChI is InChI=1S/C28H28N4O3/c1-16-29-12-18(13-30-16)17-6-8-21-23(10-17)31(25(33)27(21,2)3)19-7-9-22-24(11-19)32(20-14-35-15-20)26(34)28(22,4)5/h6-13,20H,14-15H2,1-5H3. The van der Waals surface area contributed by atoms with Gasteiger partial charge in [-0.15, -0.1) is 0 Å². The molecule has 1 fully saturated rings. The molecule has 2 amide bonds. The number of rotatable bonds is 3. The number of ether oxygens (including phenoxy) is 1. The fourth-order valence-electron chi connectivity index (χ4n) is 5.37. The normalized spacial score (nSPS) is 20.1. The molecule has 7 heteroatoms. The zero-order valence-electron chi connectivity index (χ0n) is 20.6. The van der Waals surface area contributed by atoms with Gasteiger partial charge in [-0.25, -0.2) is 9.97 Å². The molecular formula is C28H28N4O3. The molecule has 0 spiro atoms. The van der Waals surface area contributed by atoms with Gasteiger partial charge in [0.15, 0.2) is 0 Å². The maximum atomic E-state index is 13.8. The largest absolute Gasteiger partial charge is 0.377 e. The van der Waals surface area contributed by atoms with E-state index in [4.69, 9.17) is 4.74 Å². The summed E-state index contributed by atoms with van der Waals surface area (Å²) >= 11 is 0. The number of aromatic nitrogens is 2. The summed E-state index contributed by atoms with van der Waals surface area (Å²) in [5, 5.41) is 0. The third-order valence-electron chi connectivity index (χ3n) is 7.68. The van der Waals surface area contributed by atoms with Crippen molar-refractivity contribution in [3.8, 4) is 11.1 Å². The average Bonchev–Trinajstić information content (AvgIpc) is 3.11. The van der Waals surface area contributed by atoms with Gasteiger partial charge in [0.05, 0.1) is 47.1 Å². The second-order valence-corrected chi connectivity index (χ2v) is 10.7. The Morgan fingerprint density at radius 1 is 0.829 bits per heavy atom. The molecule has 4 heterocycles. The number of carbonyl (C=O) groups is 2. The fourth-order valence-corrected chi connectivity index (χ4v) is 5.37. The molecule has 0 aliphatic carbocycles. The SMILES string of the molecule is Cc1ncc(-c2ccc3c(c2)N(c2ccc4c(c2)N(C2COC2)C(=O)C4(C)C)C(=O)C3(C)C)cn1. The van der Waals surface area contributed by atoms with Gasteiger partial charge in [0, 0.05) is 18.0 Å². The van der Waals surface area contributed by atoms with Crippen molar-refractivity contribution in [1.29, 1.82) is 0 Å². The molecule has 0 N–H and O–H groups in total. The van der Waals surface area contributed by atoms with E-state index in [0.29, 0.717) is 19.0 Å². The summed E-state index contributed by atoms with van der Waals surface area (Å²) in [6.45, 7) is 10.8. The van der Waals surface area contributed by atoms with Crippen LogP contribution in [0.2, 0.25) is 0 Å². The van der Waals surface area contributed by atoms with E-state index in [1.54, 1.807) is 17.3 Å². The quantitative estimate of drug-likeness (QED) is 0.568. The smallest absolute Gasteiger partial charge is 0.241 e. The Labute approximate surface area is 204 Å². The first-order valence-electron chi connectivity index (χ1n) is 11.9. The van der Waals surface area contributed by atoms with Crippen molar-refractivity contribution in [3.63, 3.8) is 0 Å². The molecule has 6 rings (SSSR count). The first-order valence-corrected chi connectivity index (χ1v) is 11.9. The monoisotopic (exact) mass is 468 g/mol. The number of benzene rings is 2. The van der Waals surface area contributed by atoms with E-state index in [9.17, 15) is 9.59 Å². The number of aryl methyl sites for hydroxylation is 1. The van der Waals surface area contributed by atoms with E-state index < -0.39 is 10.8 Å². The molecule has 3 aromatic rings. The maximum absolute atomic E-state index is 13.8. The zero-order valence-corrected chi connectivity index (χ0v) is 20.6. The van der Waals surface area contributed by atoms with Gasteiger partial charge in [-0.2, -0.15) is 0 Å². The number of hydrogen-bond donors (Lipinski definition) is 0. The van der Waals surface area contributed by atoms with Crippen LogP contribution in [0.25, 0.3) is 11.1 Å². The van der Waals surface area contributed by atoms with Gasteiger partial charge in [-0.05, 0) is 69.5 Å². The van der Waals surface area contributed by atoms with Crippen LogP contribution in [-0.2, 0) is 25.2 Å². The second-order valence-electron chi connectivity index (χ2n) is 10.7. The number of fused-ring (bicyclic) bond motifs is 2. The van der Waals surface area contributed by atoms with Crippen LogP contribution in [-0.4, -0.2) is 41.0 Å². The highest BCUT2D eigenvalue weighted by atomic mass is 16.5. The van der Waals surface area contributed by atoms with Crippen LogP contribution in [0.5, 0.6) is 0 Å². The van der Waals surface area contributed by atoms with Crippen LogP contribution in [0.1, 0.15) is 44.6 Å². The third-order valence-corrected chi connectivity index (χ3v) is 7.68. The fraction of sp³-hybridized carbons (Fsp3) is 0.357. The molecule has 0 saturated carbocycles. The minimum Gasteiger partial charge on any atom is -0.377 e. The summed E-state index contributed by atoms with van der Waals surface area (Å²) in [7, 11) is 0. The van der Waals surface area contributed by atoms with Gasteiger partial charge in [0.2, 0.25) is 11.8 Å². The Morgan fingerprint density at radius 2 is 1.46 bits per heavy atom. The van der Waals surface area contributed by atoms with Crippen LogP contribution in [0.3, 0.4) is 0 Å². The molecule has 7 nitrogen and oxygen atoms in total. The first kappa shape index (κ1) is 21.9. The second kappa shape index (κ2) is 7.21. The number of amides is 2. The minimum atomic E-state index is -0.673. The van der Waals surface area contributed by atoms with Crippen LogP contribution >= 0.6 is 0 Å². The highest BCUT2D eigenvalue weighted by Crippen LogP contribution is 2.50. The molecular weight excluding hydrogens is 440 g/mol. The Hall–Kier alpha value is -3.58. The van der Waals surface area contributed by atoms with Crippen LogP contribution in [0, 0.1) is 6.92 Å². The lowest BCUT2D eigenvalue weighted by Crippen LogP contribution is -2.52. The topological polar surface area (TPSA) is 75.6 Å². The highest BCUT2D eigenvalue weighted by molar-refractivity contribution is 6.14. The molecule has 1 aromatic heterocycles. The molecule has 1 saturated heterocycles. The van der Waals surface area contributed by atoms with Crippen molar-refractivity contribution in [1.82, 2.24) is 9.97 Å². The van der Waals surface area contributed by atoms with Gasteiger partial charge >= 0.3 is 0 Å². The zero-order chi connectivity index (χ0) is 24.7. The van der Waals surface area contributed by atoms with Crippen molar-refractivity contribution in [2.45, 2.75) is 51.5 Å². The summed E-state index contributed by atoms with van der Waals surface area (Å²) in [4.78, 5) is 39.4. The Bertz CT molecular complexity index is 1390. The molecule has 2 aromatic carbocycles. The third kappa shape index (κ3) is 3.01.